The normalized spacial score (nSPS) is 19.8. The largest absolute Gasteiger partial charge is 0.478 e. The van der Waals surface area contributed by atoms with Crippen molar-refractivity contribution in [2.75, 3.05) is 19.9 Å². The van der Waals surface area contributed by atoms with Gasteiger partial charge in [0.25, 0.3) is 0 Å². The second-order valence-corrected chi connectivity index (χ2v) is 7.18. The van der Waals surface area contributed by atoms with E-state index >= 15 is 0 Å². The monoisotopic (exact) mass is 363 g/mol. The lowest BCUT2D eigenvalue weighted by Crippen LogP contribution is -2.37. The van der Waals surface area contributed by atoms with E-state index in [1.165, 1.54) is 0 Å². The Morgan fingerprint density at radius 3 is 2.81 bits per heavy atom. The molecule has 0 amide bonds. The summed E-state index contributed by atoms with van der Waals surface area (Å²) in [7, 11) is 0. The van der Waals surface area contributed by atoms with E-state index in [-0.39, 0.29) is 11.5 Å². The van der Waals surface area contributed by atoms with E-state index in [4.69, 9.17) is 13.9 Å². The van der Waals surface area contributed by atoms with Crippen LogP contribution in [0.3, 0.4) is 0 Å². The molecule has 3 heterocycles. The molecular weight excluding hydrogens is 342 g/mol. The Kier molecular flexibility index (Phi) is 4.19. The van der Waals surface area contributed by atoms with Gasteiger partial charge in [0.1, 0.15) is 24.3 Å². The molecule has 0 spiro atoms. The van der Waals surface area contributed by atoms with E-state index in [9.17, 15) is 4.79 Å². The molecule has 0 bridgehead atoms. The molecular formula is C22H21NO4. The van der Waals surface area contributed by atoms with Gasteiger partial charge < -0.3 is 13.9 Å². The first-order chi connectivity index (χ1) is 13.3. The van der Waals surface area contributed by atoms with E-state index in [1.54, 1.807) is 6.26 Å². The molecule has 5 rings (SSSR count). The van der Waals surface area contributed by atoms with Crippen molar-refractivity contribution < 1.29 is 13.9 Å². The lowest BCUT2D eigenvalue weighted by Gasteiger charge is -2.30. The molecule has 27 heavy (non-hydrogen) atoms. The summed E-state index contributed by atoms with van der Waals surface area (Å²) in [6.45, 7) is 2.91. The van der Waals surface area contributed by atoms with E-state index in [0.717, 1.165) is 42.9 Å². The minimum absolute atomic E-state index is 0.0125. The first-order valence-corrected chi connectivity index (χ1v) is 9.39. The van der Waals surface area contributed by atoms with Gasteiger partial charge in [-0.1, -0.05) is 30.3 Å². The fourth-order valence-corrected chi connectivity index (χ4v) is 3.97. The maximum absolute atomic E-state index is 13.0. The van der Waals surface area contributed by atoms with Crippen molar-refractivity contribution in [3.8, 4) is 16.9 Å². The summed E-state index contributed by atoms with van der Waals surface area (Å²) in [5.41, 5.74) is 2.99. The number of fused-ring (bicyclic) bond motifs is 3. The Bertz CT molecular complexity index is 1020. The smallest absolute Gasteiger partial charge is 0.200 e. The van der Waals surface area contributed by atoms with Gasteiger partial charge in [0.2, 0.25) is 5.43 Å². The van der Waals surface area contributed by atoms with E-state index < -0.39 is 0 Å². The summed E-state index contributed by atoms with van der Waals surface area (Å²) < 4.78 is 17.6. The average Bonchev–Trinajstić information content (AvgIpc) is 3.22. The molecule has 0 aliphatic carbocycles. The van der Waals surface area contributed by atoms with Gasteiger partial charge in [-0.3, -0.25) is 9.69 Å². The Balaban J connectivity index is 1.52. The molecule has 3 aromatic rings. The molecule has 1 fully saturated rings. The number of hydrogen-bond donors (Lipinski definition) is 0. The number of nitrogens with zero attached hydrogens (tertiary/aromatic N) is 1. The molecule has 0 radical (unpaired) electrons. The highest BCUT2D eigenvalue weighted by Gasteiger charge is 2.26. The molecule has 1 atom stereocenters. The quantitative estimate of drug-likeness (QED) is 0.709. The second-order valence-electron chi connectivity index (χ2n) is 7.18. The molecule has 5 heteroatoms. The molecule has 0 saturated carbocycles. The lowest BCUT2D eigenvalue weighted by atomic mass is 10.0. The zero-order valence-electron chi connectivity index (χ0n) is 15.0. The first kappa shape index (κ1) is 16.5. The summed E-state index contributed by atoms with van der Waals surface area (Å²) >= 11 is 0. The molecule has 5 nitrogen and oxygen atoms in total. The number of benzene rings is 2. The standard InChI is InChI=1S/C22H21NO4/c24-21-17-8-9-20-18(12-23(14-27-20)11-16-7-4-10-25-16)22(17)26-13-19(21)15-5-2-1-3-6-15/h1-3,5-6,8-9,13,16H,4,7,10-12,14H2/t16-/m1/s1. The van der Waals surface area contributed by atoms with Crippen molar-refractivity contribution in [1.29, 1.82) is 0 Å². The molecule has 0 unspecified atom stereocenters. The van der Waals surface area contributed by atoms with Gasteiger partial charge in [-0.25, -0.2) is 0 Å². The fourth-order valence-electron chi connectivity index (χ4n) is 3.97. The SMILES string of the molecule is O=c1c(-c2ccccc2)coc2c3c(ccc12)OCN(C[C@H]1CCCO1)C3. The Morgan fingerprint density at radius 1 is 1.11 bits per heavy atom. The third kappa shape index (κ3) is 3.03. The van der Waals surface area contributed by atoms with Crippen LogP contribution in [0.15, 0.2) is 57.9 Å². The van der Waals surface area contributed by atoms with Crippen molar-refractivity contribution in [2.45, 2.75) is 25.5 Å². The van der Waals surface area contributed by atoms with Crippen molar-refractivity contribution in [1.82, 2.24) is 4.90 Å². The molecule has 2 aliphatic heterocycles. The van der Waals surface area contributed by atoms with Gasteiger partial charge in [-0.05, 0) is 30.5 Å². The Morgan fingerprint density at radius 2 is 2.00 bits per heavy atom. The van der Waals surface area contributed by atoms with Crippen LogP contribution >= 0.6 is 0 Å². The van der Waals surface area contributed by atoms with Crippen LogP contribution in [0.1, 0.15) is 18.4 Å². The minimum Gasteiger partial charge on any atom is -0.478 e. The van der Waals surface area contributed by atoms with E-state index in [1.807, 2.05) is 42.5 Å². The van der Waals surface area contributed by atoms with Gasteiger partial charge in [-0.15, -0.1) is 0 Å². The van der Waals surface area contributed by atoms with Crippen molar-refractivity contribution in [3.05, 3.63) is 64.5 Å². The van der Waals surface area contributed by atoms with Crippen LogP contribution < -0.4 is 10.2 Å². The van der Waals surface area contributed by atoms with Crippen LogP contribution in [0.5, 0.6) is 5.75 Å². The molecule has 2 aliphatic rings. The average molecular weight is 363 g/mol. The van der Waals surface area contributed by atoms with Gasteiger partial charge in [-0.2, -0.15) is 0 Å². The van der Waals surface area contributed by atoms with Crippen molar-refractivity contribution in [3.63, 3.8) is 0 Å². The highest BCUT2D eigenvalue weighted by Crippen LogP contribution is 2.32. The molecule has 138 valence electrons. The van der Waals surface area contributed by atoms with Gasteiger partial charge in [0.15, 0.2) is 0 Å². The topological polar surface area (TPSA) is 51.9 Å². The Labute approximate surface area is 157 Å². The zero-order chi connectivity index (χ0) is 18.2. The lowest BCUT2D eigenvalue weighted by molar-refractivity contribution is 0.0281. The zero-order valence-corrected chi connectivity index (χ0v) is 15.0. The summed E-state index contributed by atoms with van der Waals surface area (Å²) in [5.74, 6) is 0.793. The second kappa shape index (κ2) is 6.83. The summed E-state index contributed by atoms with van der Waals surface area (Å²) in [6, 6.07) is 13.3. The summed E-state index contributed by atoms with van der Waals surface area (Å²) in [4.78, 5) is 15.3. The number of ether oxygens (including phenoxy) is 2. The van der Waals surface area contributed by atoms with Gasteiger partial charge in [0.05, 0.1) is 22.6 Å². The maximum Gasteiger partial charge on any atom is 0.200 e. The van der Waals surface area contributed by atoms with Crippen LogP contribution in [0.25, 0.3) is 22.1 Å². The maximum atomic E-state index is 13.0. The van der Waals surface area contributed by atoms with Gasteiger partial charge in [0, 0.05) is 19.7 Å². The highest BCUT2D eigenvalue weighted by atomic mass is 16.5. The Hall–Kier alpha value is -2.63. The van der Waals surface area contributed by atoms with Crippen molar-refractivity contribution in [2.24, 2.45) is 0 Å². The fraction of sp³-hybridized carbons (Fsp3) is 0.318. The van der Waals surface area contributed by atoms with E-state index in [0.29, 0.717) is 29.8 Å². The third-order valence-corrected chi connectivity index (χ3v) is 5.36. The van der Waals surface area contributed by atoms with Crippen LogP contribution in [0.2, 0.25) is 0 Å². The third-order valence-electron chi connectivity index (χ3n) is 5.36. The molecule has 1 aromatic heterocycles. The van der Waals surface area contributed by atoms with Gasteiger partial charge >= 0.3 is 0 Å². The predicted octanol–water partition coefficient (Wildman–Crippen LogP) is 3.79. The first-order valence-electron chi connectivity index (χ1n) is 9.39. The number of rotatable bonds is 3. The molecule has 0 N–H and O–H groups in total. The summed E-state index contributed by atoms with van der Waals surface area (Å²) in [6.07, 6.45) is 4.05. The minimum atomic E-state index is -0.0125. The molecule has 2 aromatic carbocycles. The van der Waals surface area contributed by atoms with Crippen molar-refractivity contribution >= 4 is 11.0 Å². The van der Waals surface area contributed by atoms with Crippen LogP contribution in [-0.4, -0.2) is 30.9 Å². The van der Waals surface area contributed by atoms with Crippen LogP contribution in [0.4, 0.5) is 0 Å². The highest BCUT2D eigenvalue weighted by molar-refractivity contribution is 5.85. The van der Waals surface area contributed by atoms with E-state index in [2.05, 4.69) is 4.90 Å². The summed E-state index contributed by atoms with van der Waals surface area (Å²) in [5, 5.41) is 0.595. The number of hydrogen-bond acceptors (Lipinski definition) is 5. The predicted molar refractivity (Wildman–Crippen MR) is 103 cm³/mol. The van der Waals surface area contributed by atoms with Crippen LogP contribution in [-0.2, 0) is 11.3 Å². The van der Waals surface area contributed by atoms with Crippen LogP contribution in [0, 0.1) is 0 Å². The molecule has 1 saturated heterocycles.